The zero-order chi connectivity index (χ0) is 12.5. The highest BCUT2D eigenvalue weighted by Crippen LogP contribution is 2.11. The van der Waals surface area contributed by atoms with Gasteiger partial charge in [-0.05, 0) is 6.92 Å². The van der Waals surface area contributed by atoms with Crippen LogP contribution in [-0.4, -0.2) is 33.8 Å². The maximum absolute atomic E-state index is 11.4. The fourth-order valence-corrected chi connectivity index (χ4v) is 1.10. The van der Waals surface area contributed by atoms with Crippen molar-refractivity contribution in [2.45, 2.75) is 6.92 Å². The van der Waals surface area contributed by atoms with Crippen molar-refractivity contribution in [1.82, 2.24) is 10.0 Å². The van der Waals surface area contributed by atoms with Crippen molar-refractivity contribution in [3.63, 3.8) is 0 Å². The van der Waals surface area contributed by atoms with Crippen LogP contribution in [0.5, 0.6) is 5.75 Å². The van der Waals surface area contributed by atoms with Gasteiger partial charge in [-0.2, -0.15) is 4.73 Å². The summed E-state index contributed by atoms with van der Waals surface area (Å²) in [5.74, 6) is -2.70. The summed E-state index contributed by atoms with van der Waals surface area (Å²) in [5.41, 5.74) is -1.55. The van der Waals surface area contributed by atoms with Gasteiger partial charge in [-0.15, -0.1) is 0 Å². The van der Waals surface area contributed by atoms with Gasteiger partial charge in [-0.1, -0.05) is 0 Å². The molecule has 0 aliphatic heterocycles. The van der Waals surface area contributed by atoms with Crippen LogP contribution in [0.2, 0.25) is 0 Å². The molecule has 0 saturated carbocycles. The van der Waals surface area contributed by atoms with Crippen LogP contribution in [0.15, 0.2) is 10.9 Å². The Kier molecular flexibility index (Phi) is 2.98. The number of rotatable bonds is 2. The quantitative estimate of drug-likeness (QED) is 0.341. The van der Waals surface area contributed by atoms with Crippen molar-refractivity contribution in [3.05, 3.63) is 27.7 Å². The zero-order valence-electron chi connectivity index (χ0n) is 8.64. The molecule has 86 valence electrons. The van der Waals surface area contributed by atoms with E-state index >= 15 is 0 Å². The summed E-state index contributed by atoms with van der Waals surface area (Å²) in [7, 11) is 1.24. The molecule has 0 atom stereocenters. The average molecular weight is 226 g/mol. The minimum Gasteiger partial charge on any atom is -0.503 e. The number of hydrogen-bond donors (Lipinski definition) is 3. The first-order valence-electron chi connectivity index (χ1n) is 4.31. The predicted molar refractivity (Wildman–Crippen MR) is 52.7 cm³/mol. The molecule has 0 spiro atoms. The third kappa shape index (κ3) is 1.74. The van der Waals surface area contributed by atoms with E-state index in [1.54, 1.807) is 0 Å². The first-order valence-corrected chi connectivity index (χ1v) is 4.31. The Morgan fingerprint density at radius 1 is 1.44 bits per heavy atom. The van der Waals surface area contributed by atoms with Gasteiger partial charge in [-0.3, -0.25) is 14.4 Å². The average Bonchev–Trinajstić information content (AvgIpc) is 2.29. The van der Waals surface area contributed by atoms with Gasteiger partial charge in [0.05, 0.1) is 0 Å². The largest absolute Gasteiger partial charge is 0.503 e. The molecule has 16 heavy (non-hydrogen) atoms. The Morgan fingerprint density at radius 3 is 2.50 bits per heavy atom. The summed E-state index contributed by atoms with van der Waals surface area (Å²) in [4.78, 5) is 33.6. The lowest BCUT2D eigenvalue weighted by Gasteiger charge is -2.09. The number of likely N-dealkylation sites (N-methyl/N-ethyl adjacent to an activating group) is 1. The number of nitrogens with one attached hydrogen (secondary N) is 1. The van der Waals surface area contributed by atoms with E-state index in [9.17, 15) is 24.7 Å². The molecule has 1 amide bonds. The van der Waals surface area contributed by atoms with Crippen LogP contribution in [0.25, 0.3) is 0 Å². The van der Waals surface area contributed by atoms with Crippen LogP contribution in [0, 0.1) is 6.92 Å². The van der Waals surface area contributed by atoms with Gasteiger partial charge in [0.15, 0.2) is 5.75 Å². The molecule has 0 radical (unpaired) electrons. The number of aromatic hydroxyl groups is 1. The van der Waals surface area contributed by atoms with E-state index in [0.29, 0.717) is 10.8 Å². The SMILES string of the molecule is CNC(=O)C(=O)c1cc(=O)c(O)c(C)n1O. The second-order valence-corrected chi connectivity index (χ2v) is 3.05. The minimum atomic E-state index is -1.06. The molecule has 7 nitrogen and oxygen atoms in total. The molecule has 1 rings (SSSR count). The van der Waals surface area contributed by atoms with E-state index in [-0.39, 0.29) is 5.69 Å². The molecule has 0 saturated heterocycles. The monoisotopic (exact) mass is 226 g/mol. The van der Waals surface area contributed by atoms with Crippen LogP contribution in [0.3, 0.4) is 0 Å². The van der Waals surface area contributed by atoms with E-state index < -0.39 is 28.6 Å². The molecule has 0 fully saturated rings. The molecular formula is C9H10N2O5. The van der Waals surface area contributed by atoms with E-state index in [1.165, 1.54) is 14.0 Å². The number of carbonyl (C=O) groups excluding carboxylic acids is 2. The Morgan fingerprint density at radius 2 is 2.00 bits per heavy atom. The number of hydrogen-bond acceptors (Lipinski definition) is 5. The van der Waals surface area contributed by atoms with Crippen molar-refractivity contribution < 1.29 is 19.9 Å². The second-order valence-electron chi connectivity index (χ2n) is 3.05. The number of pyridine rings is 1. The van der Waals surface area contributed by atoms with Crippen LogP contribution in [0.1, 0.15) is 16.2 Å². The molecule has 0 aliphatic carbocycles. The lowest BCUT2D eigenvalue weighted by molar-refractivity contribution is -0.116. The Labute approximate surface area is 89.9 Å². The zero-order valence-corrected chi connectivity index (χ0v) is 8.64. The topological polar surface area (TPSA) is 109 Å². The highest BCUT2D eigenvalue weighted by Gasteiger charge is 2.21. The van der Waals surface area contributed by atoms with Crippen molar-refractivity contribution in [1.29, 1.82) is 0 Å². The maximum atomic E-state index is 11.4. The molecule has 7 heteroatoms. The molecule has 0 aliphatic rings. The highest BCUT2D eigenvalue weighted by atomic mass is 16.5. The fraction of sp³-hybridized carbons (Fsp3) is 0.222. The number of aromatic nitrogens is 1. The third-order valence-corrected chi connectivity index (χ3v) is 2.06. The molecular weight excluding hydrogens is 216 g/mol. The molecule has 1 heterocycles. The Hall–Kier alpha value is -2.31. The van der Waals surface area contributed by atoms with Gasteiger partial charge in [0.2, 0.25) is 5.43 Å². The maximum Gasteiger partial charge on any atom is 0.293 e. The van der Waals surface area contributed by atoms with Crippen LogP contribution in [0.4, 0.5) is 0 Å². The lowest BCUT2D eigenvalue weighted by atomic mass is 10.2. The van der Waals surface area contributed by atoms with Crippen molar-refractivity contribution in [2.75, 3.05) is 7.05 Å². The smallest absolute Gasteiger partial charge is 0.293 e. The number of ketones is 1. The molecule has 0 unspecified atom stereocenters. The van der Waals surface area contributed by atoms with E-state index in [4.69, 9.17) is 0 Å². The Balaban J connectivity index is 3.42. The number of Topliss-reactive ketones (excluding diaryl/α,β-unsaturated/α-hetero) is 1. The second kappa shape index (κ2) is 4.05. The van der Waals surface area contributed by atoms with Gasteiger partial charge < -0.3 is 15.6 Å². The highest BCUT2D eigenvalue weighted by molar-refractivity contribution is 6.42. The summed E-state index contributed by atoms with van der Waals surface area (Å²) in [6.07, 6.45) is 0. The minimum absolute atomic E-state index is 0.209. The molecule has 1 aromatic heterocycles. The predicted octanol–water partition coefficient (Wildman–Crippen LogP) is -0.972. The Bertz CT molecular complexity index is 517. The van der Waals surface area contributed by atoms with Crippen molar-refractivity contribution in [3.8, 4) is 5.75 Å². The normalized spacial score (nSPS) is 9.88. The van der Waals surface area contributed by atoms with E-state index in [1.807, 2.05) is 0 Å². The summed E-state index contributed by atoms with van der Waals surface area (Å²) >= 11 is 0. The molecule has 3 N–H and O–H groups in total. The summed E-state index contributed by atoms with van der Waals surface area (Å²) < 4.78 is 0.300. The van der Waals surface area contributed by atoms with E-state index in [2.05, 4.69) is 5.32 Å². The molecule has 0 aromatic carbocycles. The summed E-state index contributed by atoms with van der Waals surface area (Å²) in [5, 5.41) is 20.7. The number of amides is 1. The number of carbonyl (C=O) groups is 2. The van der Waals surface area contributed by atoms with Gasteiger partial charge in [0.1, 0.15) is 11.4 Å². The fourth-order valence-electron chi connectivity index (χ4n) is 1.10. The lowest BCUT2D eigenvalue weighted by Crippen LogP contribution is -2.31. The molecule has 0 bridgehead atoms. The first kappa shape index (κ1) is 11.8. The number of nitrogens with zero attached hydrogens (tertiary/aromatic N) is 1. The van der Waals surface area contributed by atoms with Gasteiger partial charge in [0, 0.05) is 13.1 Å². The van der Waals surface area contributed by atoms with Crippen LogP contribution in [-0.2, 0) is 4.79 Å². The van der Waals surface area contributed by atoms with Gasteiger partial charge in [-0.25, -0.2) is 0 Å². The van der Waals surface area contributed by atoms with Crippen molar-refractivity contribution in [2.24, 2.45) is 0 Å². The third-order valence-electron chi connectivity index (χ3n) is 2.06. The van der Waals surface area contributed by atoms with Gasteiger partial charge >= 0.3 is 0 Å². The van der Waals surface area contributed by atoms with Crippen LogP contribution >= 0.6 is 0 Å². The van der Waals surface area contributed by atoms with Crippen molar-refractivity contribution >= 4 is 11.7 Å². The van der Waals surface area contributed by atoms with Crippen LogP contribution < -0.4 is 10.7 Å². The summed E-state index contributed by atoms with van der Waals surface area (Å²) in [6, 6.07) is 0.694. The first-order chi connectivity index (χ1) is 7.40. The van der Waals surface area contributed by atoms with E-state index in [0.717, 1.165) is 0 Å². The van der Waals surface area contributed by atoms with Gasteiger partial charge in [0.25, 0.3) is 11.7 Å². The standard InChI is InChI=1S/C9H10N2O5/c1-4-7(13)6(12)3-5(11(4)16)8(14)9(15)10-2/h3,13,16H,1-2H3,(H,10,15). The molecule has 1 aromatic rings. The summed E-state index contributed by atoms with van der Waals surface area (Å²) in [6.45, 7) is 1.23.